The average Bonchev–Trinajstić information content (AvgIpc) is 2.79. The van der Waals surface area contributed by atoms with E-state index in [1.807, 2.05) is 24.3 Å². The lowest BCUT2D eigenvalue weighted by atomic mass is 9.92. The first kappa shape index (κ1) is 20.8. The van der Waals surface area contributed by atoms with Crippen molar-refractivity contribution in [3.8, 4) is 0 Å². The van der Waals surface area contributed by atoms with Crippen molar-refractivity contribution < 1.29 is 13.2 Å². The van der Waals surface area contributed by atoms with Crippen LogP contribution in [0.5, 0.6) is 0 Å². The summed E-state index contributed by atoms with van der Waals surface area (Å²) < 4.78 is 27.9. The van der Waals surface area contributed by atoms with Gasteiger partial charge in [0.25, 0.3) is 0 Å². The van der Waals surface area contributed by atoms with E-state index in [0.717, 1.165) is 37.7 Å². The van der Waals surface area contributed by atoms with Crippen LogP contribution in [-0.2, 0) is 27.7 Å². The summed E-state index contributed by atoms with van der Waals surface area (Å²) >= 11 is 0. The first-order valence-electron chi connectivity index (χ1n) is 10.7. The van der Waals surface area contributed by atoms with E-state index in [4.69, 9.17) is 0 Å². The zero-order valence-electron chi connectivity index (χ0n) is 17.1. The minimum absolute atomic E-state index is 0.0218. The van der Waals surface area contributed by atoms with Crippen LogP contribution >= 0.6 is 0 Å². The lowest BCUT2D eigenvalue weighted by Gasteiger charge is -2.27. The first-order chi connectivity index (χ1) is 14.5. The van der Waals surface area contributed by atoms with Crippen molar-refractivity contribution in [1.82, 2.24) is 9.62 Å². The van der Waals surface area contributed by atoms with E-state index in [-0.39, 0.29) is 18.9 Å². The van der Waals surface area contributed by atoms with Crippen LogP contribution in [0.15, 0.2) is 59.5 Å². The number of benzene rings is 2. The molecule has 0 radical (unpaired) electrons. The van der Waals surface area contributed by atoms with Gasteiger partial charge in [0, 0.05) is 26.1 Å². The maximum Gasteiger partial charge on any atom is 0.240 e. The van der Waals surface area contributed by atoms with Crippen molar-refractivity contribution in [3.63, 3.8) is 0 Å². The third-order valence-electron chi connectivity index (χ3n) is 5.97. The van der Waals surface area contributed by atoms with E-state index in [1.54, 1.807) is 17.0 Å². The summed E-state index contributed by atoms with van der Waals surface area (Å²) in [4.78, 5) is 14.6. The van der Waals surface area contributed by atoms with Gasteiger partial charge in [-0.1, -0.05) is 42.5 Å². The number of fused-ring (bicyclic) bond motifs is 1. The molecule has 2 aliphatic rings. The molecule has 2 aromatic rings. The van der Waals surface area contributed by atoms with Crippen LogP contribution < -0.4 is 4.72 Å². The Morgan fingerprint density at radius 2 is 1.73 bits per heavy atom. The average molecular weight is 425 g/mol. The highest BCUT2D eigenvalue weighted by atomic mass is 32.2. The fourth-order valence-corrected chi connectivity index (χ4v) is 5.30. The number of carbonyl (C=O) groups excluding carboxylic acids is 1. The Hall–Kier alpha value is -2.44. The monoisotopic (exact) mass is 424 g/mol. The van der Waals surface area contributed by atoms with Gasteiger partial charge in [0.05, 0.1) is 4.90 Å². The van der Waals surface area contributed by atoms with Crippen LogP contribution in [0.25, 0.3) is 5.57 Å². The number of nitrogens with one attached hydrogen (secondary N) is 1. The molecule has 1 N–H and O–H groups in total. The molecule has 30 heavy (non-hydrogen) atoms. The molecule has 5 nitrogen and oxygen atoms in total. The third-order valence-corrected chi connectivity index (χ3v) is 7.43. The fourth-order valence-electron chi connectivity index (χ4n) is 4.22. The summed E-state index contributed by atoms with van der Waals surface area (Å²) in [5.41, 5.74) is 4.84. The summed E-state index contributed by atoms with van der Waals surface area (Å²) in [5.74, 6) is -0.0218. The summed E-state index contributed by atoms with van der Waals surface area (Å²) in [6, 6.07) is 15.6. The zero-order chi connectivity index (χ0) is 21.0. The Bertz CT molecular complexity index is 1050. The molecule has 1 heterocycles. The minimum Gasteiger partial charge on any atom is -0.339 e. The molecule has 1 aliphatic heterocycles. The predicted molar refractivity (Wildman–Crippen MR) is 119 cm³/mol. The molecule has 0 saturated carbocycles. The van der Waals surface area contributed by atoms with Crippen LogP contribution in [0.4, 0.5) is 0 Å². The number of sulfonamides is 1. The van der Waals surface area contributed by atoms with Crippen molar-refractivity contribution in [2.75, 3.05) is 19.6 Å². The number of aryl methyl sites for hydroxylation is 2. The fraction of sp³-hybridized carbons (Fsp3) is 0.375. The topological polar surface area (TPSA) is 66.5 Å². The number of nitrogens with zero attached hydrogens (tertiary/aromatic N) is 1. The third kappa shape index (κ3) is 4.82. The molecule has 1 aliphatic carbocycles. The molecule has 0 atom stereocenters. The molecule has 0 unspecified atom stereocenters. The van der Waals surface area contributed by atoms with Gasteiger partial charge < -0.3 is 4.90 Å². The Morgan fingerprint density at radius 3 is 2.47 bits per heavy atom. The minimum atomic E-state index is -3.60. The molecule has 4 rings (SSSR count). The van der Waals surface area contributed by atoms with Crippen molar-refractivity contribution >= 4 is 21.5 Å². The van der Waals surface area contributed by atoms with E-state index in [0.29, 0.717) is 18.0 Å². The maximum absolute atomic E-state index is 12.6. The van der Waals surface area contributed by atoms with Crippen molar-refractivity contribution in [3.05, 3.63) is 71.3 Å². The van der Waals surface area contributed by atoms with E-state index in [1.165, 1.54) is 16.7 Å². The van der Waals surface area contributed by atoms with Gasteiger partial charge in [0.15, 0.2) is 0 Å². The second kappa shape index (κ2) is 9.14. The van der Waals surface area contributed by atoms with Crippen LogP contribution in [0.3, 0.4) is 0 Å². The van der Waals surface area contributed by atoms with Gasteiger partial charge in [-0.3, -0.25) is 4.79 Å². The lowest BCUT2D eigenvalue weighted by Crippen LogP contribution is -2.37. The summed E-state index contributed by atoms with van der Waals surface area (Å²) in [5, 5.41) is 0. The van der Waals surface area contributed by atoms with Gasteiger partial charge in [-0.2, -0.15) is 0 Å². The molecule has 1 amide bonds. The molecule has 158 valence electrons. The molecule has 6 heteroatoms. The van der Waals surface area contributed by atoms with E-state index < -0.39 is 10.0 Å². The Kier molecular flexibility index (Phi) is 6.35. The highest BCUT2D eigenvalue weighted by molar-refractivity contribution is 7.89. The van der Waals surface area contributed by atoms with Gasteiger partial charge >= 0.3 is 0 Å². The van der Waals surface area contributed by atoms with E-state index >= 15 is 0 Å². The molecule has 2 aromatic carbocycles. The molecular formula is C24H28N2O3S. The zero-order valence-corrected chi connectivity index (χ0v) is 18.0. The SMILES string of the molecule is O=C(CCNS(=O)(=O)c1ccc2c(c1)CCCC2)N1CC=C(c2ccccc2)CC1. The van der Waals surface area contributed by atoms with Gasteiger partial charge in [-0.05, 0) is 66.5 Å². The highest BCUT2D eigenvalue weighted by Gasteiger charge is 2.20. The van der Waals surface area contributed by atoms with Gasteiger partial charge in [-0.25, -0.2) is 13.1 Å². The molecule has 0 aromatic heterocycles. The molecular weight excluding hydrogens is 396 g/mol. The number of rotatable bonds is 6. The Morgan fingerprint density at radius 1 is 0.967 bits per heavy atom. The van der Waals surface area contributed by atoms with Gasteiger partial charge in [0.2, 0.25) is 15.9 Å². The summed E-state index contributed by atoms with van der Waals surface area (Å²) in [7, 11) is -3.60. The Balaban J connectivity index is 1.30. The van der Waals surface area contributed by atoms with Crippen LogP contribution in [-0.4, -0.2) is 38.9 Å². The predicted octanol–water partition coefficient (Wildman–Crippen LogP) is 3.55. The lowest BCUT2D eigenvalue weighted by molar-refractivity contribution is -0.130. The molecule has 0 spiro atoms. The Labute approximate surface area is 178 Å². The van der Waals surface area contributed by atoms with Crippen LogP contribution in [0, 0.1) is 0 Å². The quantitative estimate of drug-likeness (QED) is 0.771. The number of hydrogen-bond donors (Lipinski definition) is 1. The normalized spacial score (nSPS) is 16.7. The van der Waals surface area contributed by atoms with E-state index in [2.05, 4.69) is 22.9 Å². The number of carbonyl (C=O) groups is 1. The number of amides is 1. The first-order valence-corrected chi connectivity index (χ1v) is 12.1. The van der Waals surface area contributed by atoms with Crippen molar-refractivity contribution in [2.45, 2.75) is 43.4 Å². The maximum atomic E-state index is 12.6. The van der Waals surface area contributed by atoms with Crippen LogP contribution in [0.1, 0.15) is 42.4 Å². The highest BCUT2D eigenvalue weighted by Crippen LogP contribution is 2.24. The second-order valence-corrected chi connectivity index (χ2v) is 9.74. The number of hydrogen-bond acceptors (Lipinski definition) is 3. The summed E-state index contributed by atoms with van der Waals surface area (Å²) in [6.45, 7) is 1.35. The smallest absolute Gasteiger partial charge is 0.240 e. The second-order valence-electron chi connectivity index (χ2n) is 7.97. The molecule has 0 bridgehead atoms. The molecule has 0 saturated heterocycles. The largest absolute Gasteiger partial charge is 0.339 e. The van der Waals surface area contributed by atoms with Gasteiger partial charge in [-0.15, -0.1) is 0 Å². The van der Waals surface area contributed by atoms with Crippen molar-refractivity contribution in [1.29, 1.82) is 0 Å². The van der Waals surface area contributed by atoms with Gasteiger partial charge in [0.1, 0.15) is 0 Å². The van der Waals surface area contributed by atoms with Crippen LogP contribution in [0.2, 0.25) is 0 Å². The summed E-state index contributed by atoms with van der Waals surface area (Å²) in [6.07, 6.45) is 7.30. The standard InChI is InChI=1S/C24H28N2O3S/c27-24(26-16-13-21(14-17-26)19-6-2-1-3-7-19)12-15-25-30(28,29)23-11-10-20-8-4-5-9-22(20)18-23/h1-3,6-7,10-11,13,18,25H,4-5,8-9,12,14-17H2. The van der Waals surface area contributed by atoms with E-state index in [9.17, 15) is 13.2 Å². The van der Waals surface area contributed by atoms with Crippen molar-refractivity contribution in [2.24, 2.45) is 0 Å². The molecule has 0 fully saturated rings.